The first kappa shape index (κ1) is 22.3. The van der Waals surface area contributed by atoms with Gasteiger partial charge in [0.25, 0.3) is 0 Å². The number of nitrogens with zero attached hydrogens (tertiary/aromatic N) is 1. The highest BCUT2D eigenvalue weighted by Crippen LogP contribution is 2.45. The third-order valence-corrected chi connectivity index (χ3v) is 3.61. The zero-order valence-corrected chi connectivity index (χ0v) is 14.8. The maximum atomic E-state index is 13.3. The molecule has 29 heavy (non-hydrogen) atoms. The highest BCUT2D eigenvalue weighted by Gasteiger charge is 2.73. The Hall–Kier alpha value is -2.98. The molecule has 11 heteroatoms. The van der Waals surface area contributed by atoms with Crippen LogP contribution in [0.15, 0.2) is 53.6 Å². The Morgan fingerprint density at radius 2 is 1.59 bits per heavy atom. The standard InChI is InChI=1S/C18H15F7N2O2/c1-28-14-9-5-8-13(15(14)29-11-12-6-3-2-4-7-12)10-26-27-18(24,25)16(19,20)17(21,22)23/h2-10,27H,11H2,1H3/b26-10-. The van der Waals surface area contributed by atoms with E-state index in [1.165, 1.54) is 25.3 Å². The van der Waals surface area contributed by atoms with Crippen LogP contribution in [0.3, 0.4) is 0 Å². The van der Waals surface area contributed by atoms with Crippen molar-refractivity contribution in [3.8, 4) is 11.5 Å². The summed E-state index contributed by atoms with van der Waals surface area (Å²) in [6.45, 7) is 0.0534. The number of rotatable bonds is 8. The van der Waals surface area contributed by atoms with Gasteiger partial charge in [0, 0.05) is 5.56 Å². The second-order valence-corrected chi connectivity index (χ2v) is 5.67. The molecule has 2 rings (SSSR count). The van der Waals surface area contributed by atoms with Crippen LogP contribution in [-0.2, 0) is 6.61 Å². The monoisotopic (exact) mass is 424 g/mol. The van der Waals surface area contributed by atoms with Crippen molar-refractivity contribution in [1.82, 2.24) is 5.43 Å². The zero-order chi connectivity index (χ0) is 21.7. The second-order valence-electron chi connectivity index (χ2n) is 5.67. The van der Waals surface area contributed by atoms with Gasteiger partial charge in [-0.05, 0) is 17.7 Å². The van der Waals surface area contributed by atoms with Crippen LogP contribution in [0.1, 0.15) is 11.1 Å². The molecule has 0 unspecified atom stereocenters. The molecule has 0 bridgehead atoms. The summed E-state index contributed by atoms with van der Waals surface area (Å²) < 4.78 is 99.4. The number of nitrogens with one attached hydrogen (secondary N) is 1. The molecule has 0 fully saturated rings. The van der Waals surface area contributed by atoms with Crippen molar-refractivity contribution >= 4 is 6.21 Å². The molecule has 4 nitrogen and oxygen atoms in total. The van der Waals surface area contributed by atoms with Crippen molar-refractivity contribution in [2.24, 2.45) is 5.10 Å². The first-order valence-electron chi connectivity index (χ1n) is 7.96. The van der Waals surface area contributed by atoms with Crippen LogP contribution in [0.4, 0.5) is 30.7 Å². The molecule has 0 aliphatic rings. The minimum atomic E-state index is -6.46. The first-order valence-corrected chi connectivity index (χ1v) is 7.96. The highest BCUT2D eigenvalue weighted by atomic mass is 19.4. The van der Waals surface area contributed by atoms with E-state index >= 15 is 0 Å². The summed E-state index contributed by atoms with van der Waals surface area (Å²) >= 11 is 0. The molecule has 0 aliphatic heterocycles. The van der Waals surface area contributed by atoms with Crippen molar-refractivity contribution in [1.29, 1.82) is 0 Å². The Bertz CT molecular complexity index is 840. The van der Waals surface area contributed by atoms with E-state index in [2.05, 4.69) is 5.10 Å². The third kappa shape index (κ3) is 5.09. The molecule has 0 atom stereocenters. The van der Waals surface area contributed by atoms with Gasteiger partial charge in [0.1, 0.15) is 6.61 Å². The molecule has 0 radical (unpaired) electrons. The molecule has 0 spiro atoms. The molecule has 0 aliphatic carbocycles. The SMILES string of the molecule is COc1cccc(/C=N\NC(F)(F)C(F)(F)C(F)(F)F)c1OCc1ccccc1. The van der Waals surface area contributed by atoms with Crippen molar-refractivity contribution in [3.63, 3.8) is 0 Å². The minimum absolute atomic E-state index is 0.0129. The van der Waals surface area contributed by atoms with Crippen LogP contribution in [0.5, 0.6) is 11.5 Å². The molecule has 0 heterocycles. The number of benzene rings is 2. The topological polar surface area (TPSA) is 42.8 Å². The molecule has 2 aromatic carbocycles. The molecular weight excluding hydrogens is 409 g/mol. The Labute approximate surface area is 160 Å². The fourth-order valence-electron chi connectivity index (χ4n) is 2.11. The van der Waals surface area contributed by atoms with Crippen LogP contribution in [-0.4, -0.2) is 31.5 Å². The number of halogens is 7. The van der Waals surface area contributed by atoms with Crippen molar-refractivity contribution in [2.45, 2.75) is 24.8 Å². The van der Waals surface area contributed by atoms with E-state index in [1.54, 1.807) is 30.3 Å². The Balaban J connectivity index is 2.21. The van der Waals surface area contributed by atoms with Crippen molar-refractivity contribution in [2.75, 3.05) is 7.11 Å². The predicted molar refractivity (Wildman–Crippen MR) is 90.4 cm³/mol. The van der Waals surface area contributed by atoms with Crippen LogP contribution < -0.4 is 14.9 Å². The summed E-state index contributed by atoms with van der Waals surface area (Å²) in [6, 6.07) is 7.39. The fourth-order valence-corrected chi connectivity index (χ4v) is 2.11. The number of hydrazone groups is 1. The van der Waals surface area contributed by atoms with Gasteiger partial charge in [-0.1, -0.05) is 36.4 Å². The number of methoxy groups -OCH3 is 1. The Morgan fingerprint density at radius 3 is 2.17 bits per heavy atom. The van der Waals surface area contributed by atoms with Crippen LogP contribution in [0.25, 0.3) is 0 Å². The van der Waals surface area contributed by atoms with Gasteiger partial charge < -0.3 is 9.47 Å². The van der Waals surface area contributed by atoms with E-state index in [1.807, 2.05) is 0 Å². The lowest BCUT2D eigenvalue weighted by atomic mass is 10.2. The van der Waals surface area contributed by atoms with Gasteiger partial charge in [-0.3, -0.25) is 0 Å². The minimum Gasteiger partial charge on any atom is -0.493 e. The molecular formula is C18H15F7N2O2. The molecule has 0 aromatic heterocycles. The Kier molecular flexibility index (Phi) is 6.60. The second kappa shape index (κ2) is 8.58. The lowest BCUT2D eigenvalue weighted by molar-refractivity contribution is -0.361. The van der Waals surface area contributed by atoms with E-state index < -0.39 is 18.1 Å². The molecule has 0 amide bonds. The van der Waals surface area contributed by atoms with Gasteiger partial charge in [0.15, 0.2) is 11.5 Å². The average molecular weight is 424 g/mol. The quantitative estimate of drug-likeness (QED) is 0.281. The zero-order valence-electron chi connectivity index (χ0n) is 14.8. The maximum Gasteiger partial charge on any atom is 0.462 e. The van der Waals surface area contributed by atoms with Crippen LogP contribution in [0.2, 0.25) is 0 Å². The Morgan fingerprint density at radius 1 is 0.931 bits per heavy atom. The lowest BCUT2D eigenvalue weighted by Crippen LogP contribution is -2.58. The van der Waals surface area contributed by atoms with Crippen molar-refractivity contribution in [3.05, 3.63) is 59.7 Å². The van der Waals surface area contributed by atoms with Crippen LogP contribution in [0, 0.1) is 0 Å². The van der Waals surface area contributed by atoms with E-state index in [0.29, 0.717) is 11.6 Å². The average Bonchev–Trinajstić information content (AvgIpc) is 2.66. The molecule has 0 saturated carbocycles. The normalized spacial score (nSPS) is 12.8. The highest BCUT2D eigenvalue weighted by molar-refractivity contribution is 5.84. The summed E-state index contributed by atoms with van der Waals surface area (Å²) in [7, 11) is 1.31. The molecule has 0 saturated heterocycles. The van der Waals surface area contributed by atoms with Gasteiger partial charge in [0.05, 0.1) is 13.3 Å². The molecule has 2 aromatic rings. The fraction of sp³-hybridized carbons (Fsp3) is 0.278. The number of hydrogen-bond acceptors (Lipinski definition) is 4. The summed E-state index contributed by atoms with van der Waals surface area (Å²) in [6.07, 6.45) is -5.83. The van der Waals surface area contributed by atoms with Gasteiger partial charge in [-0.25, -0.2) is 5.43 Å². The number of ether oxygens (including phenoxy) is 2. The summed E-state index contributed by atoms with van der Waals surface area (Å²) in [4.78, 5) is 0. The number of alkyl halides is 7. The first-order chi connectivity index (χ1) is 13.5. The van der Waals surface area contributed by atoms with E-state index in [0.717, 1.165) is 5.56 Å². The lowest BCUT2D eigenvalue weighted by Gasteiger charge is -2.27. The number of hydrogen-bond donors (Lipinski definition) is 1. The molecule has 158 valence electrons. The summed E-state index contributed by atoms with van der Waals surface area (Å²) in [5.41, 5.74) is 1.34. The summed E-state index contributed by atoms with van der Waals surface area (Å²) in [5, 5.41) is 2.84. The largest absolute Gasteiger partial charge is 0.493 e. The summed E-state index contributed by atoms with van der Waals surface area (Å²) in [5.74, 6) is -6.11. The van der Waals surface area contributed by atoms with Crippen molar-refractivity contribution < 1.29 is 40.2 Å². The maximum absolute atomic E-state index is 13.3. The van der Waals surface area contributed by atoms with Crippen LogP contribution >= 0.6 is 0 Å². The van der Waals surface area contributed by atoms with E-state index in [9.17, 15) is 30.7 Å². The van der Waals surface area contributed by atoms with E-state index in [4.69, 9.17) is 9.47 Å². The predicted octanol–water partition coefficient (Wildman–Crippen LogP) is 4.99. The van der Waals surface area contributed by atoms with Gasteiger partial charge in [-0.15, -0.1) is 0 Å². The van der Waals surface area contributed by atoms with Gasteiger partial charge in [-0.2, -0.15) is 35.8 Å². The third-order valence-electron chi connectivity index (χ3n) is 3.61. The van der Waals surface area contributed by atoms with Gasteiger partial charge >= 0.3 is 18.1 Å². The number of para-hydroxylation sites is 1. The smallest absolute Gasteiger partial charge is 0.462 e. The van der Waals surface area contributed by atoms with Gasteiger partial charge in [0.2, 0.25) is 0 Å². The molecule has 1 N–H and O–H groups in total. The van der Waals surface area contributed by atoms with E-state index in [-0.39, 0.29) is 23.7 Å².